The van der Waals surface area contributed by atoms with Gasteiger partial charge in [-0.3, -0.25) is 14.5 Å². The highest BCUT2D eigenvalue weighted by Gasteiger charge is 2.34. The molecular weight excluding hydrogens is 321 g/mol. The molecule has 2 aromatic heterocycles. The van der Waals surface area contributed by atoms with Crippen LogP contribution in [0, 0.1) is 12.7 Å². The Labute approximate surface area is 137 Å². The standard InChI is InChI=1S/C16H15ClFN3O2/c1-3-10-9(2)20-6-7-21(16(23)14(20)13(10)18)15-11(8-22)12(17)4-5-19-15/h4-5,8H,3,6-7H2,1-2H3. The first-order valence-electron chi connectivity index (χ1n) is 7.30. The van der Waals surface area contributed by atoms with E-state index in [1.807, 2.05) is 13.8 Å². The molecule has 1 aliphatic rings. The van der Waals surface area contributed by atoms with Crippen LogP contribution in [0.4, 0.5) is 10.2 Å². The minimum absolute atomic E-state index is 0.0178. The predicted molar refractivity (Wildman–Crippen MR) is 84.8 cm³/mol. The Bertz CT molecular complexity index is 816. The van der Waals surface area contributed by atoms with E-state index >= 15 is 0 Å². The number of anilines is 1. The van der Waals surface area contributed by atoms with Gasteiger partial charge < -0.3 is 4.57 Å². The van der Waals surface area contributed by atoms with E-state index in [-0.39, 0.29) is 22.1 Å². The Morgan fingerprint density at radius 3 is 2.83 bits per heavy atom. The molecule has 0 radical (unpaired) electrons. The number of nitrogens with zero attached hydrogens (tertiary/aromatic N) is 3. The van der Waals surface area contributed by atoms with Crippen LogP contribution in [0.5, 0.6) is 0 Å². The Morgan fingerprint density at radius 1 is 1.43 bits per heavy atom. The lowest BCUT2D eigenvalue weighted by atomic mass is 10.2. The van der Waals surface area contributed by atoms with Gasteiger partial charge in [0, 0.05) is 30.5 Å². The van der Waals surface area contributed by atoms with Gasteiger partial charge in [0.1, 0.15) is 11.5 Å². The lowest BCUT2D eigenvalue weighted by molar-refractivity contribution is 0.0959. The van der Waals surface area contributed by atoms with Crippen molar-refractivity contribution in [2.75, 3.05) is 11.4 Å². The summed E-state index contributed by atoms with van der Waals surface area (Å²) >= 11 is 5.99. The Hall–Kier alpha value is -2.21. The molecular formula is C16H15ClFN3O2. The summed E-state index contributed by atoms with van der Waals surface area (Å²) in [5.41, 5.74) is 1.46. The van der Waals surface area contributed by atoms with Gasteiger partial charge in [-0.15, -0.1) is 0 Å². The molecule has 0 N–H and O–H groups in total. The van der Waals surface area contributed by atoms with Crippen LogP contribution in [0.1, 0.15) is 39.0 Å². The van der Waals surface area contributed by atoms with E-state index in [1.165, 1.54) is 17.2 Å². The normalized spacial score (nSPS) is 14.1. The van der Waals surface area contributed by atoms with E-state index in [1.54, 1.807) is 4.57 Å². The van der Waals surface area contributed by atoms with Crippen molar-refractivity contribution in [2.45, 2.75) is 26.8 Å². The van der Waals surface area contributed by atoms with Gasteiger partial charge in [0.25, 0.3) is 5.91 Å². The van der Waals surface area contributed by atoms with E-state index in [0.29, 0.717) is 31.4 Å². The summed E-state index contributed by atoms with van der Waals surface area (Å²) in [4.78, 5) is 29.4. The van der Waals surface area contributed by atoms with E-state index in [0.717, 1.165) is 5.69 Å². The van der Waals surface area contributed by atoms with Crippen LogP contribution in [0.3, 0.4) is 0 Å². The molecule has 1 aliphatic heterocycles. The zero-order chi connectivity index (χ0) is 16.7. The van der Waals surface area contributed by atoms with E-state index in [4.69, 9.17) is 11.6 Å². The third-order valence-electron chi connectivity index (χ3n) is 4.22. The van der Waals surface area contributed by atoms with Crippen LogP contribution in [0.25, 0.3) is 0 Å². The molecule has 3 rings (SSSR count). The van der Waals surface area contributed by atoms with E-state index < -0.39 is 11.7 Å². The number of hydrogen-bond acceptors (Lipinski definition) is 3. The molecule has 23 heavy (non-hydrogen) atoms. The summed E-state index contributed by atoms with van der Waals surface area (Å²) in [6.07, 6.45) is 2.50. The van der Waals surface area contributed by atoms with Crippen molar-refractivity contribution in [3.05, 3.63) is 45.6 Å². The highest BCUT2D eigenvalue weighted by atomic mass is 35.5. The van der Waals surface area contributed by atoms with Crippen molar-refractivity contribution >= 4 is 29.6 Å². The second-order valence-electron chi connectivity index (χ2n) is 5.34. The van der Waals surface area contributed by atoms with Gasteiger partial charge in [0.15, 0.2) is 12.1 Å². The van der Waals surface area contributed by atoms with Crippen molar-refractivity contribution in [3.8, 4) is 0 Å². The van der Waals surface area contributed by atoms with Crippen LogP contribution in [-0.2, 0) is 13.0 Å². The molecule has 0 atom stereocenters. The smallest absolute Gasteiger partial charge is 0.279 e. The number of hydrogen-bond donors (Lipinski definition) is 0. The molecule has 0 aromatic carbocycles. The number of aldehydes is 1. The summed E-state index contributed by atoms with van der Waals surface area (Å²) in [5, 5.41) is 0.213. The minimum atomic E-state index is -0.505. The van der Waals surface area contributed by atoms with Crippen molar-refractivity contribution in [1.29, 1.82) is 0 Å². The zero-order valence-electron chi connectivity index (χ0n) is 12.8. The summed E-state index contributed by atoms with van der Waals surface area (Å²) in [6.45, 7) is 4.40. The molecule has 1 amide bonds. The molecule has 120 valence electrons. The van der Waals surface area contributed by atoms with Crippen molar-refractivity contribution < 1.29 is 14.0 Å². The van der Waals surface area contributed by atoms with E-state index in [2.05, 4.69) is 4.98 Å². The predicted octanol–water partition coefficient (Wildman–Crippen LogP) is 3.02. The van der Waals surface area contributed by atoms with Gasteiger partial charge in [-0.2, -0.15) is 0 Å². The molecule has 0 aliphatic carbocycles. The molecule has 5 nitrogen and oxygen atoms in total. The number of carbonyl (C=O) groups is 2. The van der Waals surface area contributed by atoms with Gasteiger partial charge in [-0.05, 0) is 19.4 Å². The fourth-order valence-electron chi connectivity index (χ4n) is 3.05. The largest absolute Gasteiger partial charge is 0.336 e. The van der Waals surface area contributed by atoms with Gasteiger partial charge in [0.2, 0.25) is 0 Å². The number of amides is 1. The van der Waals surface area contributed by atoms with Crippen LogP contribution >= 0.6 is 11.6 Å². The SMILES string of the molecule is CCc1c(F)c2n(c1C)CCN(c1nccc(Cl)c1C=O)C2=O. The Kier molecular flexibility index (Phi) is 3.93. The number of aromatic nitrogens is 2. The van der Waals surface area contributed by atoms with Crippen molar-refractivity contribution in [3.63, 3.8) is 0 Å². The Balaban J connectivity index is 2.13. The molecule has 0 spiro atoms. The van der Waals surface area contributed by atoms with Gasteiger partial charge >= 0.3 is 0 Å². The summed E-state index contributed by atoms with van der Waals surface area (Å²) in [6, 6.07) is 1.48. The van der Waals surface area contributed by atoms with Crippen LogP contribution in [-0.4, -0.2) is 28.3 Å². The zero-order valence-corrected chi connectivity index (χ0v) is 13.5. The lowest BCUT2D eigenvalue weighted by Crippen LogP contribution is -2.42. The second-order valence-corrected chi connectivity index (χ2v) is 5.74. The number of carbonyl (C=O) groups excluding carboxylic acids is 2. The van der Waals surface area contributed by atoms with Gasteiger partial charge in [-0.1, -0.05) is 18.5 Å². The Morgan fingerprint density at radius 2 is 2.17 bits per heavy atom. The third-order valence-corrected chi connectivity index (χ3v) is 4.55. The average Bonchev–Trinajstić information content (AvgIpc) is 2.79. The molecule has 7 heteroatoms. The summed E-state index contributed by atoms with van der Waals surface area (Å²) < 4.78 is 16.3. The fourth-order valence-corrected chi connectivity index (χ4v) is 3.23. The van der Waals surface area contributed by atoms with E-state index in [9.17, 15) is 14.0 Å². The number of pyridine rings is 1. The number of halogens is 2. The van der Waals surface area contributed by atoms with Crippen LogP contribution in [0.2, 0.25) is 5.02 Å². The molecule has 3 heterocycles. The molecule has 0 bridgehead atoms. The summed E-state index contributed by atoms with van der Waals surface area (Å²) in [5.74, 6) is -0.830. The van der Waals surface area contributed by atoms with Crippen LogP contribution < -0.4 is 4.90 Å². The highest BCUT2D eigenvalue weighted by molar-refractivity contribution is 6.33. The van der Waals surface area contributed by atoms with Crippen molar-refractivity contribution in [1.82, 2.24) is 9.55 Å². The monoisotopic (exact) mass is 335 g/mol. The molecule has 0 saturated heterocycles. The first-order chi connectivity index (χ1) is 11.0. The highest BCUT2D eigenvalue weighted by Crippen LogP contribution is 2.30. The average molecular weight is 336 g/mol. The second kappa shape index (κ2) is 5.77. The first-order valence-corrected chi connectivity index (χ1v) is 7.68. The fraction of sp³-hybridized carbons (Fsp3) is 0.312. The van der Waals surface area contributed by atoms with Crippen LogP contribution in [0.15, 0.2) is 12.3 Å². The maximum Gasteiger partial charge on any atom is 0.279 e. The quantitative estimate of drug-likeness (QED) is 0.810. The molecule has 0 unspecified atom stereocenters. The first kappa shape index (κ1) is 15.7. The molecule has 0 fully saturated rings. The lowest BCUT2D eigenvalue weighted by Gasteiger charge is -2.29. The minimum Gasteiger partial charge on any atom is -0.336 e. The van der Waals surface area contributed by atoms with Gasteiger partial charge in [0.05, 0.1) is 10.6 Å². The molecule has 2 aromatic rings. The van der Waals surface area contributed by atoms with Gasteiger partial charge in [-0.25, -0.2) is 9.37 Å². The summed E-state index contributed by atoms with van der Waals surface area (Å²) in [7, 11) is 0. The topological polar surface area (TPSA) is 55.2 Å². The third kappa shape index (κ3) is 2.25. The maximum atomic E-state index is 14.6. The number of rotatable bonds is 3. The molecule has 0 saturated carbocycles. The maximum absolute atomic E-state index is 14.6. The van der Waals surface area contributed by atoms with Crippen molar-refractivity contribution in [2.24, 2.45) is 0 Å². The number of fused-ring (bicyclic) bond motifs is 1.